The molecule has 0 aliphatic carbocycles. The van der Waals surface area contributed by atoms with E-state index in [0.29, 0.717) is 5.56 Å². The summed E-state index contributed by atoms with van der Waals surface area (Å²) in [5.41, 5.74) is 3.85. The van der Waals surface area contributed by atoms with E-state index in [4.69, 9.17) is 5.84 Å². The highest BCUT2D eigenvalue weighted by Gasteiger charge is 2.16. The van der Waals surface area contributed by atoms with Gasteiger partial charge in [-0.25, -0.2) is 10.8 Å². The number of nitrogens with zero attached hydrogens (tertiary/aromatic N) is 3. The van der Waals surface area contributed by atoms with Crippen molar-refractivity contribution in [1.82, 2.24) is 19.9 Å². The van der Waals surface area contributed by atoms with E-state index in [1.807, 2.05) is 30.6 Å². The highest BCUT2D eigenvalue weighted by Crippen LogP contribution is 2.14. The Labute approximate surface area is 117 Å². The Hall–Kier alpha value is -2.18. The van der Waals surface area contributed by atoms with Crippen molar-refractivity contribution in [3.63, 3.8) is 0 Å². The lowest BCUT2D eigenvalue weighted by molar-refractivity contribution is 0.0953. The van der Waals surface area contributed by atoms with E-state index in [1.54, 1.807) is 6.07 Å². The zero-order valence-corrected chi connectivity index (χ0v) is 11.1. The Morgan fingerprint density at radius 3 is 3.15 bits per heavy atom. The third kappa shape index (κ3) is 2.56. The van der Waals surface area contributed by atoms with E-state index in [-0.39, 0.29) is 5.91 Å². The summed E-state index contributed by atoms with van der Waals surface area (Å²) in [7, 11) is 0. The van der Waals surface area contributed by atoms with Gasteiger partial charge in [-0.1, -0.05) is 12.1 Å². The van der Waals surface area contributed by atoms with Crippen LogP contribution in [0, 0.1) is 0 Å². The second kappa shape index (κ2) is 5.44. The minimum absolute atomic E-state index is 0.263. The first-order chi connectivity index (χ1) is 9.76. The van der Waals surface area contributed by atoms with Gasteiger partial charge in [-0.05, 0) is 17.7 Å². The Morgan fingerprint density at radius 1 is 1.40 bits per heavy atom. The van der Waals surface area contributed by atoms with Gasteiger partial charge in [-0.15, -0.1) is 0 Å². The second-order valence-corrected chi connectivity index (χ2v) is 4.92. The number of nitrogens with two attached hydrogens (primary N) is 1. The highest BCUT2D eigenvalue weighted by molar-refractivity contribution is 5.93. The van der Waals surface area contributed by atoms with Crippen LogP contribution >= 0.6 is 0 Å². The molecule has 1 aromatic carbocycles. The number of hydrogen-bond donors (Lipinski definition) is 2. The molecule has 6 heteroatoms. The number of carbonyl (C=O) groups is 1. The van der Waals surface area contributed by atoms with E-state index < -0.39 is 0 Å². The summed E-state index contributed by atoms with van der Waals surface area (Å²) in [5, 5.41) is 0. The normalized spacial score (nSPS) is 14.8. The molecule has 3 rings (SSSR count). The third-order valence-corrected chi connectivity index (χ3v) is 3.55. The fourth-order valence-corrected chi connectivity index (χ4v) is 2.51. The smallest absolute Gasteiger partial charge is 0.265 e. The van der Waals surface area contributed by atoms with Crippen LogP contribution in [0.25, 0.3) is 0 Å². The van der Waals surface area contributed by atoms with Crippen molar-refractivity contribution in [2.24, 2.45) is 5.84 Å². The van der Waals surface area contributed by atoms with Gasteiger partial charge in [0.2, 0.25) is 0 Å². The molecule has 104 valence electrons. The average molecular weight is 271 g/mol. The first-order valence-electron chi connectivity index (χ1n) is 6.58. The Balaban J connectivity index is 1.71. The number of nitrogens with one attached hydrogen (secondary N) is 1. The number of rotatable bonds is 3. The molecule has 1 aromatic heterocycles. The zero-order valence-electron chi connectivity index (χ0n) is 11.1. The Morgan fingerprint density at radius 2 is 2.30 bits per heavy atom. The summed E-state index contributed by atoms with van der Waals surface area (Å²) in [6.07, 6.45) is 3.85. The van der Waals surface area contributed by atoms with Crippen LogP contribution in [0.15, 0.2) is 36.7 Å². The van der Waals surface area contributed by atoms with Crippen LogP contribution in [-0.4, -0.2) is 26.9 Å². The van der Waals surface area contributed by atoms with Gasteiger partial charge < -0.3 is 4.57 Å². The van der Waals surface area contributed by atoms with Gasteiger partial charge in [-0.2, -0.15) is 0 Å². The number of amides is 1. The van der Waals surface area contributed by atoms with Gasteiger partial charge in [0.1, 0.15) is 5.82 Å². The van der Waals surface area contributed by atoms with Crippen LogP contribution in [0.2, 0.25) is 0 Å². The maximum atomic E-state index is 11.5. The fourth-order valence-electron chi connectivity index (χ4n) is 2.51. The molecular formula is C14H17N5O. The summed E-state index contributed by atoms with van der Waals surface area (Å²) in [4.78, 5) is 18.2. The van der Waals surface area contributed by atoms with E-state index >= 15 is 0 Å². The summed E-state index contributed by atoms with van der Waals surface area (Å²) in [6.45, 7) is 3.58. The minimum atomic E-state index is -0.263. The van der Waals surface area contributed by atoms with Crippen molar-refractivity contribution in [3.8, 4) is 0 Å². The lowest BCUT2D eigenvalue weighted by Gasteiger charge is -2.27. The van der Waals surface area contributed by atoms with Crippen molar-refractivity contribution in [1.29, 1.82) is 0 Å². The van der Waals surface area contributed by atoms with Crippen molar-refractivity contribution in [3.05, 3.63) is 53.6 Å². The van der Waals surface area contributed by atoms with Gasteiger partial charge >= 0.3 is 0 Å². The Kier molecular flexibility index (Phi) is 3.49. The molecule has 0 atom stereocenters. The standard InChI is InChI=1S/C14H17N5O/c15-17-14(20)12-3-1-2-11(8-12)9-18-6-7-19-5-4-16-13(19)10-18/h1-5,8H,6-7,9-10,15H2,(H,17,20). The molecule has 0 saturated heterocycles. The van der Waals surface area contributed by atoms with Gasteiger partial charge in [0.05, 0.1) is 6.54 Å². The fraction of sp³-hybridized carbons (Fsp3) is 0.286. The molecule has 0 unspecified atom stereocenters. The van der Waals surface area contributed by atoms with Crippen LogP contribution in [0.4, 0.5) is 0 Å². The molecule has 0 radical (unpaired) electrons. The van der Waals surface area contributed by atoms with Crippen molar-refractivity contribution < 1.29 is 4.79 Å². The number of fused-ring (bicyclic) bond motifs is 1. The van der Waals surface area contributed by atoms with Crippen LogP contribution in [0.5, 0.6) is 0 Å². The SMILES string of the molecule is NNC(=O)c1cccc(CN2CCn3ccnc3C2)c1. The third-order valence-electron chi connectivity index (χ3n) is 3.55. The molecule has 2 heterocycles. The van der Waals surface area contributed by atoms with E-state index in [0.717, 1.165) is 37.6 Å². The van der Waals surface area contributed by atoms with Crippen LogP contribution in [-0.2, 0) is 19.6 Å². The van der Waals surface area contributed by atoms with Gasteiger partial charge in [-0.3, -0.25) is 15.1 Å². The van der Waals surface area contributed by atoms with Crippen molar-refractivity contribution in [2.45, 2.75) is 19.6 Å². The number of hydrazine groups is 1. The molecule has 3 N–H and O–H groups in total. The lowest BCUT2D eigenvalue weighted by Crippen LogP contribution is -2.33. The monoisotopic (exact) mass is 271 g/mol. The van der Waals surface area contributed by atoms with E-state index in [1.165, 1.54) is 0 Å². The molecule has 1 amide bonds. The number of aromatic nitrogens is 2. The molecule has 0 saturated carbocycles. The van der Waals surface area contributed by atoms with E-state index in [2.05, 4.69) is 19.9 Å². The first kappa shape index (κ1) is 12.8. The molecule has 20 heavy (non-hydrogen) atoms. The number of carbonyl (C=O) groups excluding carboxylic acids is 1. The predicted octanol–water partition coefficient (Wildman–Crippen LogP) is 0.502. The number of benzene rings is 1. The van der Waals surface area contributed by atoms with Crippen molar-refractivity contribution >= 4 is 5.91 Å². The van der Waals surface area contributed by atoms with Gasteiger partial charge in [0.25, 0.3) is 5.91 Å². The van der Waals surface area contributed by atoms with Gasteiger partial charge in [0, 0.05) is 37.6 Å². The summed E-state index contributed by atoms with van der Waals surface area (Å²) in [6, 6.07) is 7.54. The number of hydrogen-bond acceptors (Lipinski definition) is 4. The maximum Gasteiger partial charge on any atom is 0.265 e. The largest absolute Gasteiger partial charge is 0.333 e. The van der Waals surface area contributed by atoms with Gasteiger partial charge in [0.15, 0.2) is 0 Å². The van der Waals surface area contributed by atoms with Crippen LogP contribution in [0.1, 0.15) is 21.7 Å². The minimum Gasteiger partial charge on any atom is -0.333 e. The zero-order chi connectivity index (χ0) is 13.9. The van der Waals surface area contributed by atoms with Crippen LogP contribution in [0.3, 0.4) is 0 Å². The lowest BCUT2D eigenvalue weighted by atomic mass is 10.1. The predicted molar refractivity (Wildman–Crippen MR) is 74.4 cm³/mol. The van der Waals surface area contributed by atoms with Crippen molar-refractivity contribution in [2.75, 3.05) is 6.54 Å². The van der Waals surface area contributed by atoms with Crippen LogP contribution < -0.4 is 11.3 Å². The summed E-state index contributed by atoms with van der Waals surface area (Å²) >= 11 is 0. The molecular weight excluding hydrogens is 254 g/mol. The second-order valence-electron chi connectivity index (χ2n) is 4.92. The highest BCUT2D eigenvalue weighted by atomic mass is 16.2. The summed E-state index contributed by atoms with van der Waals surface area (Å²) < 4.78 is 2.18. The molecule has 0 bridgehead atoms. The summed E-state index contributed by atoms with van der Waals surface area (Å²) in [5.74, 6) is 5.99. The maximum absolute atomic E-state index is 11.5. The van der Waals surface area contributed by atoms with E-state index in [9.17, 15) is 4.79 Å². The first-order valence-corrected chi connectivity index (χ1v) is 6.58. The average Bonchev–Trinajstić information content (AvgIpc) is 2.94. The molecule has 1 aliphatic rings. The molecule has 1 aliphatic heterocycles. The quantitative estimate of drug-likeness (QED) is 0.484. The Bertz CT molecular complexity index is 622. The topological polar surface area (TPSA) is 76.2 Å². The number of nitrogen functional groups attached to an aromatic ring is 1. The molecule has 6 nitrogen and oxygen atoms in total. The number of imidazole rings is 1. The molecule has 2 aromatic rings. The molecule has 0 spiro atoms. The molecule has 0 fully saturated rings.